The molecule has 150 valence electrons. The summed E-state index contributed by atoms with van der Waals surface area (Å²) in [5.41, 5.74) is 6.70. The number of nitrogens with one attached hydrogen (secondary N) is 1. The molecule has 0 unspecified atom stereocenters. The number of rotatable bonds is 8. The van der Waals surface area contributed by atoms with E-state index in [0.29, 0.717) is 13.1 Å². The molecule has 1 fully saturated rings. The Morgan fingerprint density at radius 3 is 2.32 bits per heavy atom. The van der Waals surface area contributed by atoms with Gasteiger partial charge in [0.05, 0.1) is 4.90 Å². The molecule has 0 aromatic heterocycles. The predicted octanol–water partition coefficient (Wildman–Crippen LogP) is 0.882. The van der Waals surface area contributed by atoms with Crippen molar-refractivity contribution in [1.29, 1.82) is 0 Å². The van der Waals surface area contributed by atoms with Crippen LogP contribution in [0.3, 0.4) is 0 Å². The number of nitrogens with zero attached hydrogens (tertiary/aromatic N) is 2. The molecule has 0 atom stereocenters. The highest BCUT2D eigenvalue weighted by Gasteiger charge is 2.19. The van der Waals surface area contributed by atoms with Crippen LogP contribution in [0.2, 0.25) is 0 Å². The van der Waals surface area contributed by atoms with Crippen molar-refractivity contribution in [2.24, 2.45) is 5.73 Å². The first-order valence-corrected chi connectivity index (χ1v) is 10.8. The second kappa shape index (κ2) is 9.29. The van der Waals surface area contributed by atoms with Crippen molar-refractivity contribution in [3.8, 4) is 0 Å². The number of hydrogen-bond acceptors (Lipinski definition) is 5. The topological polar surface area (TPSA) is 95.7 Å². The lowest BCUT2D eigenvalue weighted by atomic mass is 10.2. The molecule has 1 aliphatic rings. The monoisotopic (exact) mass is 402 g/mol. The van der Waals surface area contributed by atoms with E-state index in [1.165, 1.54) is 29.8 Å². The minimum absolute atomic E-state index is 0.0523. The fourth-order valence-corrected chi connectivity index (χ4v) is 4.32. The van der Waals surface area contributed by atoms with E-state index in [1.54, 1.807) is 0 Å². The average molecular weight is 403 g/mol. The van der Waals surface area contributed by atoms with Gasteiger partial charge in [0, 0.05) is 51.4 Å². The molecule has 0 spiro atoms. The first-order chi connectivity index (χ1) is 13.4. The van der Waals surface area contributed by atoms with Crippen LogP contribution in [0.4, 0.5) is 0 Å². The van der Waals surface area contributed by atoms with Crippen LogP contribution in [-0.4, -0.2) is 63.4 Å². The third-order valence-electron chi connectivity index (χ3n) is 4.86. The average Bonchev–Trinajstić information content (AvgIpc) is 2.70. The summed E-state index contributed by atoms with van der Waals surface area (Å²) in [6.07, 6.45) is 0. The first kappa shape index (κ1) is 20.5. The van der Waals surface area contributed by atoms with E-state index in [0.717, 1.165) is 32.7 Å². The van der Waals surface area contributed by atoms with Crippen molar-refractivity contribution in [2.45, 2.75) is 11.4 Å². The fraction of sp³-hybridized carbons (Fsp3) is 0.350. The van der Waals surface area contributed by atoms with Gasteiger partial charge in [-0.25, -0.2) is 13.1 Å². The summed E-state index contributed by atoms with van der Waals surface area (Å²) in [6, 6.07) is 16.2. The third kappa shape index (κ3) is 5.62. The van der Waals surface area contributed by atoms with Gasteiger partial charge in [-0.2, -0.15) is 0 Å². The molecular formula is C20H26N4O3S. The van der Waals surface area contributed by atoms with E-state index < -0.39 is 15.9 Å². The van der Waals surface area contributed by atoms with Crippen LogP contribution in [-0.2, 0) is 16.6 Å². The summed E-state index contributed by atoms with van der Waals surface area (Å²) < 4.78 is 27.4. The lowest BCUT2D eigenvalue weighted by Crippen LogP contribution is -2.48. The van der Waals surface area contributed by atoms with E-state index in [9.17, 15) is 13.2 Å². The molecule has 1 heterocycles. The summed E-state index contributed by atoms with van der Waals surface area (Å²) in [4.78, 5) is 16.0. The molecular weight excluding hydrogens is 376 g/mol. The van der Waals surface area contributed by atoms with Crippen LogP contribution in [0, 0.1) is 0 Å². The number of carbonyl (C=O) groups excluding carboxylic acids is 1. The van der Waals surface area contributed by atoms with Crippen LogP contribution in [0.5, 0.6) is 0 Å². The zero-order chi connectivity index (χ0) is 20.0. The number of piperazine rings is 1. The van der Waals surface area contributed by atoms with Gasteiger partial charge in [0.15, 0.2) is 0 Å². The molecule has 1 amide bonds. The van der Waals surface area contributed by atoms with Crippen molar-refractivity contribution in [3.63, 3.8) is 0 Å². The standard InChI is InChI=1S/C20H26N4O3S/c21-20(25)18-7-4-8-19(15-18)28(26,27)22-9-10-23-11-13-24(14-12-23)16-17-5-2-1-3-6-17/h1-8,15,22H,9-14,16H2,(H2,21,25). The van der Waals surface area contributed by atoms with Gasteiger partial charge < -0.3 is 5.73 Å². The molecule has 1 aliphatic heterocycles. The maximum atomic E-state index is 12.4. The van der Waals surface area contributed by atoms with Crippen LogP contribution in [0.25, 0.3) is 0 Å². The van der Waals surface area contributed by atoms with Gasteiger partial charge >= 0.3 is 0 Å². The smallest absolute Gasteiger partial charge is 0.248 e. The predicted molar refractivity (Wildman–Crippen MR) is 108 cm³/mol. The highest BCUT2D eigenvalue weighted by molar-refractivity contribution is 7.89. The zero-order valence-electron chi connectivity index (χ0n) is 15.8. The Bertz CT molecular complexity index is 895. The van der Waals surface area contributed by atoms with E-state index in [-0.39, 0.29) is 10.5 Å². The summed E-state index contributed by atoms with van der Waals surface area (Å²) in [5.74, 6) is -0.648. The second-order valence-corrected chi connectivity index (χ2v) is 8.66. The van der Waals surface area contributed by atoms with Crippen molar-refractivity contribution in [1.82, 2.24) is 14.5 Å². The minimum atomic E-state index is -3.66. The van der Waals surface area contributed by atoms with Gasteiger partial charge in [0.2, 0.25) is 15.9 Å². The fourth-order valence-electron chi connectivity index (χ4n) is 3.25. The van der Waals surface area contributed by atoms with Crippen molar-refractivity contribution in [2.75, 3.05) is 39.3 Å². The molecule has 0 saturated carbocycles. The molecule has 1 saturated heterocycles. The number of amides is 1. The molecule has 0 bridgehead atoms. The Hall–Kier alpha value is -2.26. The molecule has 0 aliphatic carbocycles. The lowest BCUT2D eigenvalue weighted by Gasteiger charge is -2.34. The maximum absolute atomic E-state index is 12.4. The van der Waals surface area contributed by atoms with Crippen molar-refractivity contribution in [3.05, 3.63) is 65.7 Å². The second-order valence-electron chi connectivity index (χ2n) is 6.89. The molecule has 0 radical (unpaired) electrons. The summed E-state index contributed by atoms with van der Waals surface area (Å²) >= 11 is 0. The lowest BCUT2D eigenvalue weighted by molar-refractivity contribution is 0.1000. The molecule has 3 rings (SSSR count). The summed E-state index contributed by atoms with van der Waals surface area (Å²) in [7, 11) is -3.66. The molecule has 8 heteroatoms. The highest BCUT2D eigenvalue weighted by Crippen LogP contribution is 2.11. The maximum Gasteiger partial charge on any atom is 0.248 e. The van der Waals surface area contributed by atoms with Crippen LogP contribution in [0.15, 0.2) is 59.5 Å². The summed E-state index contributed by atoms with van der Waals surface area (Å²) in [5, 5.41) is 0. The number of primary amides is 1. The molecule has 2 aromatic rings. The van der Waals surface area contributed by atoms with Gasteiger partial charge in [-0.05, 0) is 23.8 Å². The quantitative estimate of drug-likeness (QED) is 0.683. The van der Waals surface area contributed by atoms with E-state index in [4.69, 9.17) is 5.73 Å². The summed E-state index contributed by atoms with van der Waals surface area (Å²) in [6.45, 7) is 5.65. The molecule has 7 nitrogen and oxygen atoms in total. The third-order valence-corrected chi connectivity index (χ3v) is 6.32. The van der Waals surface area contributed by atoms with E-state index in [1.807, 2.05) is 6.07 Å². The minimum Gasteiger partial charge on any atom is -0.366 e. The Morgan fingerprint density at radius 2 is 1.64 bits per heavy atom. The highest BCUT2D eigenvalue weighted by atomic mass is 32.2. The first-order valence-electron chi connectivity index (χ1n) is 9.32. The van der Waals surface area contributed by atoms with Crippen molar-refractivity contribution >= 4 is 15.9 Å². The Kier molecular flexibility index (Phi) is 6.79. The van der Waals surface area contributed by atoms with Gasteiger partial charge in [-0.15, -0.1) is 0 Å². The normalized spacial score (nSPS) is 16.1. The van der Waals surface area contributed by atoms with Gasteiger partial charge in [-0.3, -0.25) is 14.6 Å². The van der Waals surface area contributed by atoms with Gasteiger partial charge in [0.1, 0.15) is 0 Å². The van der Waals surface area contributed by atoms with Gasteiger partial charge in [-0.1, -0.05) is 36.4 Å². The number of carbonyl (C=O) groups is 1. The number of nitrogens with two attached hydrogens (primary N) is 1. The van der Waals surface area contributed by atoms with E-state index in [2.05, 4.69) is 38.8 Å². The van der Waals surface area contributed by atoms with Crippen LogP contribution < -0.4 is 10.5 Å². The Balaban J connectivity index is 1.44. The Morgan fingerprint density at radius 1 is 0.964 bits per heavy atom. The molecule has 3 N–H and O–H groups in total. The van der Waals surface area contributed by atoms with Gasteiger partial charge in [0.25, 0.3) is 0 Å². The van der Waals surface area contributed by atoms with Crippen LogP contribution in [0.1, 0.15) is 15.9 Å². The molecule has 2 aromatic carbocycles. The van der Waals surface area contributed by atoms with Crippen molar-refractivity contribution < 1.29 is 13.2 Å². The zero-order valence-corrected chi connectivity index (χ0v) is 16.6. The van der Waals surface area contributed by atoms with Crippen LogP contribution >= 0.6 is 0 Å². The van der Waals surface area contributed by atoms with E-state index >= 15 is 0 Å². The Labute approximate surface area is 166 Å². The number of hydrogen-bond donors (Lipinski definition) is 2. The largest absolute Gasteiger partial charge is 0.366 e. The molecule has 28 heavy (non-hydrogen) atoms. The number of benzene rings is 2. The number of sulfonamides is 1. The SMILES string of the molecule is NC(=O)c1cccc(S(=O)(=O)NCCN2CCN(Cc3ccccc3)CC2)c1.